The summed E-state index contributed by atoms with van der Waals surface area (Å²) in [6.07, 6.45) is 1.24. The van der Waals surface area contributed by atoms with Gasteiger partial charge in [-0.1, -0.05) is 0 Å². The van der Waals surface area contributed by atoms with E-state index in [0.29, 0.717) is 17.5 Å². The summed E-state index contributed by atoms with van der Waals surface area (Å²) in [6.45, 7) is 2.88. The van der Waals surface area contributed by atoms with Crippen molar-refractivity contribution in [3.63, 3.8) is 0 Å². The number of ether oxygens (including phenoxy) is 1. The summed E-state index contributed by atoms with van der Waals surface area (Å²) in [6, 6.07) is 4.03. The lowest BCUT2D eigenvalue weighted by atomic mass is 10.1. The number of pyridine rings is 1. The second-order valence-corrected chi connectivity index (χ2v) is 4.19. The van der Waals surface area contributed by atoms with Crippen LogP contribution in [0, 0.1) is 0 Å². The van der Waals surface area contributed by atoms with E-state index < -0.39 is 0 Å². The highest BCUT2D eigenvalue weighted by Crippen LogP contribution is 2.24. The number of nitrogen functional groups attached to an aromatic ring is 2. The van der Waals surface area contributed by atoms with E-state index in [1.165, 1.54) is 0 Å². The van der Waals surface area contributed by atoms with Gasteiger partial charge in [-0.2, -0.15) is 0 Å². The first-order chi connectivity index (χ1) is 7.59. The van der Waals surface area contributed by atoms with Crippen LogP contribution in [-0.2, 0) is 4.74 Å². The molecule has 5 nitrogen and oxygen atoms in total. The summed E-state index contributed by atoms with van der Waals surface area (Å²) in [4.78, 5) is 6.38. The number of nitrogens with zero attached hydrogens (tertiary/aromatic N) is 2. The van der Waals surface area contributed by atoms with E-state index in [0.717, 1.165) is 18.8 Å². The zero-order valence-corrected chi connectivity index (χ0v) is 9.68. The highest BCUT2D eigenvalue weighted by Gasteiger charge is 2.28. The van der Waals surface area contributed by atoms with Crippen LogP contribution in [0.15, 0.2) is 12.1 Å². The Morgan fingerprint density at radius 3 is 2.75 bits per heavy atom. The van der Waals surface area contributed by atoms with Gasteiger partial charge in [-0.25, -0.2) is 4.98 Å². The van der Waals surface area contributed by atoms with Crippen LogP contribution in [0.25, 0.3) is 0 Å². The molecule has 4 N–H and O–H groups in total. The van der Waals surface area contributed by atoms with Gasteiger partial charge in [-0.15, -0.1) is 0 Å². The lowest BCUT2D eigenvalue weighted by Crippen LogP contribution is -2.37. The van der Waals surface area contributed by atoms with Crippen molar-refractivity contribution in [2.75, 3.05) is 30.0 Å². The van der Waals surface area contributed by atoms with Crippen LogP contribution in [0.4, 0.5) is 17.3 Å². The molecule has 5 heteroatoms. The van der Waals surface area contributed by atoms with Crippen LogP contribution in [0.3, 0.4) is 0 Å². The summed E-state index contributed by atoms with van der Waals surface area (Å²) >= 11 is 0. The Bertz CT molecular complexity index is 382. The first-order valence-electron chi connectivity index (χ1n) is 5.46. The van der Waals surface area contributed by atoms with E-state index in [4.69, 9.17) is 16.2 Å². The second kappa shape index (κ2) is 4.17. The topological polar surface area (TPSA) is 77.4 Å². The Morgan fingerprint density at radius 1 is 1.44 bits per heavy atom. The van der Waals surface area contributed by atoms with E-state index in [2.05, 4.69) is 16.8 Å². The molecule has 1 aromatic rings. The minimum atomic E-state index is 0.227. The maximum atomic E-state index is 5.70. The number of rotatable bonds is 2. The van der Waals surface area contributed by atoms with Crippen LogP contribution in [0.2, 0.25) is 0 Å². The third-order valence-corrected chi connectivity index (χ3v) is 3.14. The standard InChI is InChI=1S/C11H18N4O/c1-7-9(5-6-16-7)15(2)10-4-3-8(12)11(13)14-10/h3-4,7,9H,5-6,12H2,1-2H3,(H2,13,14). The van der Waals surface area contributed by atoms with E-state index in [1.54, 1.807) is 6.07 Å². The number of aromatic nitrogens is 1. The third kappa shape index (κ3) is 1.90. The van der Waals surface area contributed by atoms with Crippen molar-refractivity contribution < 1.29 is 4.74 Å². The zero-order valence-electron chi connectivity index (χ0n) is 9.68. The van der Waals surface area contributed by atoms with Crippen molar-refractivity contribution in [2.24, 2.45) is 0 Å². The Kier molecular flexibility index (Phi) is 2.87. The monoisotopic (exact) mass is 222 g/mol. The minimum Gasteiger partial charge on any atom is -0.396 e. The molecule has 2 heterocycles. The Labute approximate surface area is 95.4 Å². The molecular formula is C11H18N4O. The summed E-state index contributed by atoms with van der Waals surface area (Å²) in [5.41, 5.74) is 11.9. The molecule has 0 aliphatic carbocycles. The van der Waals surface area contributed by atoms with Gasteiger partial charge in [0.15, 0.2) is 0 Å². The predicted molar refractivity (Wildman–Crippen MR) is 65.3 cm³/mol. The number of hydrogen-bond acceptors (Lipinski definition) is 5. The molecule has 2 unspecified atom stereocenters. The van der Waals surface area contributed by atoms with Gasteiger partial charge in [-0.05, 0) is 25.5 Å². The molecule has 2 atom stereocenters. The molecule has 1 fully saturated rings. The van der Waals surface area contributed by atoms with E-state index in [1.807, 2.05) is 13.1 Å². The highest BCUT2D eigenvalue weighted by molar-refractivity contribution is 5.62. The number of hydrogen-bond donors (Lipinski definition) is 2. The predicted octanol–water partition coefficient (Wildman–Crippen LogP) is 0.860. The molecule has 0 saturated carbocycles. The van der Waals surface area contributed by atoms with Crippen molar-refractivity contribution in [1.29, 1.82) is 0 Å². The molecule has 1 aromatic heterocycles. The SMILES string of the molecule is CC1OCCC1N(C)c1ccc(N)c(N)n1. The van der Waals surface area contributed by atoms with Gasteiger partial charge in [0.1, 0.15) is 11.6 Å². The second-order valence-electron chi connectivity index (χ2n) is 4.19. The number of anilines is 3. The highest BCUT2D eigenvalue weighted by atomic mass is 16.5. The van der Waals surface area contributed by atoms with Gasteiger partial charge in [0, 0.05) is 13.7 Å². The molecular weight excluding hydrogens is 204 g/mol. The van der Waals surface area contributed by atoms with Crippen molar-refractivity contribution >= 4 is 17.3 Å². The molecule has 1 aliphatic heterocycles. The van der Waals surface area contributed by atoms with Crippen LogP contribution in [-0.4, -0.2) is 30.8 Å². The molecule has 0 bridgehead atoms. The summed E-state index contributed by atoms with van der Waals surface area (Å²) in [5.74, 6) is 1.23. The normalized spacial score (nSPS) is 24.6. The van der Waals surface area contributed by atoms with Gasteiger partial charge < -0.3 is 21.1 Å². The first kappa shape index (κ1) is 11.0. The summed E-state index contributed by atoms with van der Waals surface area (Å²) in [7, 11) is 2.01. The number of nitrogens with two attached hydrogens (primary N) is 2. The van der Waals surface area contributed by atoms with Crippen molar-refractivity contribution in [3.8, 4) is 0 Å². The lowest BCUT2D eigenvalue weighted by molar-refractivity contribution is 0.118. The Morgan fingerprint density at radius 2 is 2.19 bits per heavy atom. The summed E-state index contributed by atoms with van der Waals surface area (Å²) in [5, 5.41) is 0. The summed E-state index contributed by atoms with van der Waals surface area (Å²) < 4.78 is 5.54. The Hall–Kier alpha value is -1.49. The largest absolute Gasteiger partial charge is 0.396 e. The molecule has 16 heavy (non-hydrogen) atoms. The maximum Gasteiger partial charge on any atom is 0.149 e. The smallest absolute Gasteiger partial charge is 0.149 e. The maximum absolute atomic E-state index is 5.70. The molecule has 0 spiro atoms. The zero-order chi connectivity index (χ0) is 11.7. The Balaban J connectivity index is 2.20. The van der Waals surface area contributed by atoms with Crippen molar-refractivity contribution in [1.82, 2.24) is 4.98 Å². The fourth-order valence-corrected chi connectivity index (χ4v) is 2.07. The number of likely N-dealkylation sites (N-methyl/N-ethyl adjacent to an activating group) is 1. The lowest BCUT2D eigenvalue weighted by Gasteiger charge is -2.27. The van der Waals surface area contributed by atoms with Crippen molar-refractivity contribution in [2.45, 2.75) is 25.5 Å². The molecule has 0 radical (unpaired) electrons. The minimum absolute atomic E-state index is 0.227. The van der Waals surface area contributed by atoms with E-state index in [-0.39, 0.29) is 6.10 Å². The average Bonchev–Trinajstić information content (AvgIpc) is 2.67. The average molecular weight is 222 g/mol. The van der Waals surface area contributed by atoms with E-state index in [9.17, 15) is 0 Å². The fraction of sp³-hybridized carbons (Fsp3) is 0.545. The van der Waals surface area contributed by atoms with Crippen LogP contribution in [0.5, 0.6) is 0 Å². The molecule has 0 amide bonds. The quantitative estimate of drug-likeness (QED) is 0.776. The molecule has 2 rings (SSSR count). The van der Waals surface area contributed by atoms with Gasteiger partial charge in [-0.3, -0.25) is 0 Å². The van der Waals surface area contributed by atoms with E-state index >= 15 is 0 Å². The van der Waals surface area contributed by atoms with Gasteiger partial charge in [0.25, 0.3) is 0 Å². The molecule has 1 aliphatic rings. The van der Waals surface area contributed by atoms with Crippen LogP contribution in [0.1, 0.15) is 13.3 Å². The van der Waals surface area contributed by atoms with Gasteiger partial charge >= 0.3 is 0 Å². The van der Waals surface area contributed by atoms with Gasteiger partial charge in [0.2, 0.25) is 0 Å². The first-order valence-corrected chi connectivity index (χ1v) is 5.46. The van der Waals surface area contributed by atoms with Crippen molar-refractivity contribution in [3.05, 3.63) is 12.1 Å². The van der Waals surface area contributed by atoms with Crippen LogP contribution < -0.4 is 16.4 Å². The van der Waals surface area contributed by atoms with Gasteiger partial charge in [0.05, 0.1) is 17.8 Å². The third-order valence-electron chi connectivity index (χ3n) is 3.14. The molecule has 0 aromatic carbocycles. The molecule has 88 valence electrons. The molecule has 1 saturated heterocycles. The van der Waals surface area contributed by atoms with Crippen LogP contribution >= 0.6 is 0 Å². The fourth-order valence-electron chi connectivity index (χ4n) is 2.07.